The van der Waals surface area contributed by atoms with Crippen molar-refractivity contribution in [1.82, 2.24) is 0 Å². The van der Waals surface area contributed by atoms with Crippen LogP contribution >= 0.6 is 0 Å². The molecule has 2 rings (SSSR count). The van der Waals surface area contributed by atoms with E-state index in [1.165, 1.54) is 5.56 Å². The molecule has 0 heterocycles. The summed E-state index contributed by atoms with van der Waals surface area (Å²) in [6, 6.07) is 5.99. The van der Waals surface area contributed by atoms with Gasteiger partial charge >= 0.3 is 0 Å². The summed E-state index contributed by atoms with van der Waals surface area (Å²) in [4.78, 5) is 11.8. The van der Waals surface area contributed by atoms with Crippen LogP contribution in [0.15, 0.2) is 18.2 Å². The number of hydrogen-bond donors (Lipinski definition) is 0. The molecule has 80 valence electrons. The first-order valence-corrected chi connectivity index (χ1v) is 5.26. The van der Waals surface area contributed by atoms with E-state index < -0.39 is 0 Å². The molecule has 0 unspecified atom stereocenters. The zero-order valence-electron chi connectivity index (χ0n) is 9.46. The van der Waals surface area contributed by atoms with Gasteiger partial charge in [-0.3, -0.25) is 4.79 Å². The Hall–Kier alpha value is -1.31. The lowest BCUT2D eigenvalue weighted by atomic mass is 9.72. The second-order valence-electron chi connectivity index (χ2n) is 4.57. The predicted molar refractivity (Wildman–Crippen MR) is 59.3 cm³/mol. The number of carbonyl (C=O) groups is 1. The number of fused-ring (bicyclic) bond motifs is 1. The summed E-state index contributed by atoms with van der Waals surface area (Å²) in [5, 5.41) is 0. The van der Waals surface area contributed by atoms with Gasteiger partial charge in [0.1, 0.15) is 11.5 Å². The van der Waals surface area contributed by atoms with Crippen molar-refractivity contribution in [3.63, 3.8) is 0 Å². The van der Waals surface area contributed by atoms with Crippen molar-refractivity contribution in [2.45, 2.75) is 32.1 Å². The van der Waals surface area contributed by atoms with Crippen LogP contribution in [-0.4, -0.2) is 12.9 Å². The zero-order chi connectivity index (χ0) is 11.1. The normalized spacial score (nSPS) is 18.5. The van der Waals surface area contributed by atoms with Gasteiger partial charge in [0, 0.05) is 11.8 Å². The molecule has 1 aliphatic carbocycles. The minimum atomic E-state index is -0.333. The van der Waals surface area contributed by atoms with Gasteiger partial charge in [-0.15, -0.1) is 0 Å². The van der Waals surface area contributed by atoms with Crippen molar-refractivity contribution in [2.24, 2.45) is 0 Å². The molecular formula is C13H16O2. The third-order valence-corrected chi connectivity index (χ3v) is 3.30. The van der Waals surface area contributed by atoms with Gasteiger partial charge in [0.15, 0.2) is 0 Å². The maximum absolute atomic E-state index is 11.8. The lowest BCUT2D eigenvalue weighted by Crippen LogP contribution is -2.34. The summed E-state index contributed by atoms with van der Waals surface area (Å²) in [6.45, 7) is 4.00. The third-order valence-electron chi connectivity index (χ3n) is 3.30. The summed E-state index contributed by atoms with van der Waals surface area (Å²) in [6.07, 6.45) is 1.49. The van der Waals surface area contributed by atoms with Crippen molar-refractivity contribution in [2.75, 3.05) is 7.11 Å². The van der Waals surface area contributed by atoms with E-state index in [0.29, 0.717) is 12.2 Å². The Morgan fingerprint density at radius 3 is 2.67 bits per heavy atom. The van der Waals surface area contributed by atoms with Crippen LogP contribution in [-0.2, 0) is 16.6 Å². The highest BCUT2D eigenvalue weighted by Gasteiger charge is 2.34. The van der Waals surface area contributed by atoms with E-state index in [0.717, 1.165) is 17.7 Å². The Morgan fingerprint density at radius 1 is 1.27 bits per heavy atom. The highest BCUT2D eigenvalue weighted by molar-refractivity contribution is 5.91. The Labute approximate surface area is 90.3 Å². The van der Waals surface area contributed by atoms with E-state index in [4.69, 9.17) is 4.74 Å². The molecule has 1 aromatic carbocycles. The number of benzene rings is 1. The first-order valence-electron chi connectivity index (χ1n) is 5.26. The van der Waals surface area contributed by atoms with E-state index in [2.05, 4.69) is 0 Å². The Kier molecular flexibility index (Phi) is 2.29. The topological polar surface area (TPSA) is 26.3 Å². The smallest absolute Gasteiger partial charge is 0.143 e. The van der Waals surface area contributed by atoms with Crippen molar-refractivity contribution >= 4 is 5.78 Å². The maximum atomic E-state index is 11.8. The zero-order valence-corrected chi connectivity index (χ0v) is 9.46. The number of carbonyl (C=O) groups excluding carboxylic acids is 1. The lowest BCUT2D eigenvalue weighted by molar-refractivity contribution is -0.124. The largest absolute Gasteiger partial charge is 0.497 e. The molecule has 0 saturated carbocycles. The van der Waals surface area contributed by atoms with Gasteiger partial charge in [0.2, 0.25) is 0 Å². The average molecular weight is 204 g/mol. The fourth-order valence-corrected chi connectivity index (χ4v) is 2.22. The first kappa shape index (κ1) is 10.2. The molecule has 1 aliphatic rings. The van der Waals surface area contributed by atoms with Crippen molar-refractivity contribution in [1.29, 1.82) is 0 Å². The molecule has 0 aromatic heterocycles. The summed E-state index contributed by atoms with van der Waals surface area (Å²) >= 11 is 0. The maximum Gasteiger partial charge on any atom is 0.143 e. The molecule has 0 radical (unpaired) electrons. The van der Waals surface area contributed by atoms with Gasteiger partial charge in [-0.1, -0.05) is 6.07 Å². The number of ether oxygens (including phenoxy) is 1. The second-order valence-corrected chi connectivity index (χ2v) is 4.57. The van der Waals surface area contributed by atoms with Crippen LogP contribution in [0.5, 0.6) is 5.75 Å². The highest BCUT2D eigenvalue weighted by Crippen LogP contribution is 2.35. The number of Topliss-reactive ketones (excluding diaryl/α,β-unsaturated/α-hetero) is 1. The molecular weight excluding hydrogens is 188 g/mol. The monoisotopic (exact) mass is 204 g/mol. The van der Waals surface area contributed by atoms with Crippen LogP contribution in [0, 0.1) is 0 Å². The van der Waals surface area contributed by atoms with Crippen LogP contribution in [0.1, 0.15) is 31.4 Å². The van der Waals surface area contributed by atoms with E-state index in [1.54, 1.807) is 7.11 Å². The number of methoxy groups -OCH3 is 1. The van der Waals surface area contributed by atoms with Gasteiger partial charge in [0.05, 0.1) is 7.11 Å². The summed E-state index contributed by atoms with van der Waals surface area (Å²) < 4.78 is 5.19. The molecule has 0 N–H and O–H groups in total. The average Bonchev–Trinajstić information content (AvgIpc) is 2.23. The van der Waals surface area contributed by atoms with Gasteiger partial charge in [0.25, 0.3) is 0 Å². The molecule has 0 bridgehead atoms. The predicted octanol–water partition coefficient (Wildman–Crippen LogP) is 2.49. The summed E-state index contributed by atoms with van der Waals surface area (Å²) in [5.74, 6) is 1.21. The molecule has 2 nitrogen and oxygen atoms in total. The Balaban J connectivity index is 2.52. The van der Waals surface area contributed by atoms with Crippen LogP contribution in [0.2, 0.25) is 0 Å². The number of aryl methyl sites for hydroxylation is 1. The molecule has 0 amide bonds. The molecule has 0 atom stereocenters. The van der Waals surface area contributed by atoms with Gasteiger partial charge in [-0.05, 0) is 43.5 Å². The number of hydrogen-bond acceptors (Lipinski definition) is 2. The highest BCUT2D eigenvalue weighted by atomic mass is 16.5. The molecule has 0 aliphatic heterocycles. The Morgan fingerprint density at radius 2 is 2.00 bits per heavy atom. The quantitative estimate of drug-likeness (QED) is 0.702. The number of rotatable bonds is 1. The molecule has 1 aromatic rings. The van der Waals surface area contributed by atoms with E-state index in [1.807, 2.05) is 32.0 Å². The fourth-order valence-electron chi connectivity index (χ4n) is 2.22. The standard InChI is InChI=1S/C13H16O2/c1-13(2)11-6-5-10(15-3)8-9(11)4-7-12(13)14/h5-6,8H,4,7H2,1-3H3. The van der Waals surface area contributed by atoms with Gasteiger partial charge in [-0.25, -0.2) is 0 Å². The van der Waals surface area contributed by atoms with E-state index >= 15 is 0 Å². The SMILES string of the molecule is COc1ccc2c(c1)CCC(=O)C2(C)C. The molecule has 0 spiro atoms. The van der Waals surface area contributed by atoms with Crippen LogP contribution in [0.4, 0.5) is 0 Å². The van der Waals surface area contributed by atoms with Gasteiger partial charge < -0.3 is 4.74 Å². The molecule has 0 saturated heterocycles. The molecule has 15 heavy (non-hydrogen) atoms. The van der Waals surface area contributed by atoms with Crippen molar-refractivity contribution in [3.8, 4) is 5.75 Å². The molecule has 0 fully saturated rings. The van der Waals surface area contributed by atoms with Crippen LogP contribution in [0.25, 0.3) is 0 Å². The summed E-state index contributed by atoms with van der Waals surface area (Å²) in [5.41, 5.74) is 2.07. The van der Waals surface area contributed by atoms with Crippen molar-refractivity contribution < 1.29 is 9.53 Å². The lowest BCUT2D eigenvalue weighted by Gasteiger charge is -2.31. The first-order chi connectivity index (χ1) is 7.05. The third kappa shape index (κ3) is 1.54. The van der Waals surface area contributed by atoms with E-state index in [9.17, 15) is 4.79 Å². The minimum absolute atomic E-state index is 0.333. The van der Waals surface area contributed by atoms with Gasteiger partial charge in [-0.2, -0.15) is 0 Å². The number of ketones is 1. The van der Waals surface area contributed by atoms with E-state index in [-0.39, 0.29) is 5.41 Å². The fraction of sp³-hybridized carbons (Fsp3) is 0.462. The molecule has 2 heteroatoms. The van der Waals surface area contributed by atoms with Crippen LogP contribution in [0.3, 0.4) is 0 Å². The Bertz CT molecular complexity index is 405. The second kappa shape index (κ2) is 3.37. The van der Waals surface area contributed by atoms with Crippen LogP contribution < -0.4 is 4.74 Å². The summed E-state index contributed by atoms with van der Waals surface area (Å²) in [7, 11) is 1.67. The van der Waals surface area contributed by atoms with Crippen molar-refractivity contribution in [3.05, 3.63) is 29.3 Å². The minimum Gasteiger partial charge on any atom is -0.497 e.